The predicted molar refractivity (Wildman–Crippen MR) is 105 cm³/mol. The van der Waals surface area contributed by atoms with Crippen LogP contribution in [0.3, 0.4) is 0 Å². The van der Waals surface area contributed by atoms with Gasteiger partial charge in [0.2, 0.25) is 0 Å². The van der Waals surface area contributed by atoms with Gasteiger partial charge in [0.25, 0.3) is 0 Å². The minimum absolute atomic E-state index is 0.0984. The minimum Gasteiger partial charge on any atom is -0.264 e. The van der Waals surface area contributed by atoms with E-state index >= 15 is 0 Å². The number of hydrogen-bond donors (Lipinski definition) is 0. The molecule has 0 radical (unpaired) electrons. The lowest BCUT2D eigenvalue weighted by atomic mass is 9.77. The zero-order chi connectivity index (χ0) is 19.2. The molecular weight excluding hydrogens is 346 g/mol. The topological polar surface area (TPSA) is 75.3 Å². The summed E-state index contributed by atoms with van der Waals surface area (Å²) in [7, 11) is 0. The Hall–Kier alpha value is -3.91. The van der Waals surface area contributed by atoms with Crippen molar-refractivity contribution in [2.24, 2.45) is 0 Å². The summed E-state index contributed by atoms with van der Waals surface area (Å²) < 4.78 is 0. The van der Waals surface area contributed by atoms with Crippen LogP contribution < -0.4 is 0 Å². The molecule has 4 aromatic rings. The van der Waals surface area contributed by atoms with Crippen LogP contribution in [-0.2, 0) is 0 Å². The van der Waals surface area contributed by atoms with Crippen molar-refractivity contribution in [2.75, 3.05) is 0 Å². The fraction of sp³-hybridized carbons (Fsp3) is 0.0870. The molecule has 4 heterocycles. The number of rotatable bonds is 5. The molecule has 0 aliphatic carbocycles. The van der Waals surface area contributed by atoms with Crippen LogP contribution in [0.15, 0.2) is 91.8 Å². The van der Waals surface area contributed by atoms with Crippen LogP contribution in [0, 0.1) is 11.3 Å². The van der Waals surface area contributed by atoms with E-state index in [0.717, 1.165) is 22.5 Å². The summed E-state index contributed by atoms with van der Waals surface area (Å²) in [5.74, 6) is -0.290. The van der Waals surface area contributed by atoms with Crippen molar-refractivity contribution >= 4 is 0 Å². The maximum atomic E-state index is 9.37. The Morgan fingerprint density at radius 1 is 0.679 bits per heavy atom. The summed E-state index contributed by atoms with van der Waals surface area (Å²) in [5.41, 5.74) is 4.31. The Kier molecular flexibility index (Phi) is 5.12. The summed E-state index contributed by atoms with van der Waals surface area (Å²) in [5, 5.41) is 9.37. The Labute approximate surface area is 163 Å². The van der Waals surface area contributed by atoms with Gasteiger partial charge in [-0.1, -0.05) is 18.2 Å². The van der Waals surface area contributed by atoms with Crippen LogP contribution in [0.25, 0.3) is 0 Å². The first-order valence-corrected chi connectivity index (χ1v) is 8.93. The molecule has 0 aliphatic heterocycles. The molecule has 4 rings (SSSR count). The van der Waals surface area contributed by atoms with Crippen molar-refractivity contribution in [3.05, 3.63) is 120 Å². The van der Waals surface area contributed by atoms with Gasteiger partial charge in [-0.05, 0) is 47.5 Å². The van der Waals surface area contributed by atoms with Crippen LogP contribution in [0.1, 0.15) is 39.9 Å². The third kappa shape index (κ3) is 3.62. The molecule has 5 heteroatoms. The lowest BCUT2D eigenvalue weighted by molar-refractivity contribution is 0.652. The zero-order valence-corrected chi connectivity index (χ0v) is 15.1. The van der Waals surface area contributed by atoms with Crippen molar-refractivity contribution in [3.8, 4) is 6.07 Å². The van der Waals surface area contributed by atoms with E-state index in [1.54, 1.807) is 30.9 Å². The molecule has 1 unspecified atom stereocenters. The highest BCUT2D eigenvalue weighted by Gasteiger charge is 2.30. The van der Waals surface area contributed by atoms with Gasteiger partial charge in [0.15, 0.2) is 0 Å². The average molecular weight is 363 g/mol. The fourth-order valence-electron chi connectivity index (χ4n) is 3.44. The van der Waals surface area contributed by atoms with E-state index in [1.165, 1.54) is 0 Å². The van der Waals surface area contributed by atoms with Gasteiger partial charge in [-0.25, -0.2) is 0 Å². The number of nitriles is 1. The van der Waals surface area contributed by atoms with Crippen LogP contribution in [0.5, 0.6) is 0 Å². The van der Waals surface area contributed by atoms with Crippen LogP contribution in [-0.4, -0.2) is 19.9 Å². The maximum absolute atomic E-state index is 9.37. The monoisotopic (exact) mass is 363 g/mol. The molecule has 0 aromatic carbocycles. The van der Waals surface area contributed by atoms with Crippen molar-refractivity contribution in [2.45, 2.75) is 11.8 Å². The number of hydrogen-bond acceptors (Lipinski definition) is 5. The van der Waals surface area contributed by atoms with Gasteiger partial charge in [0.05, 0.1) is 28.9 Å². The Morgan fingerprint density at radius 2 is 1.39 bits per heavy atom. The highest BCUT2D eigenvalue weighted by atomic mass is 14.7. The molecule has 0 bridgehead atoms. The van der Waals surface area contributed by atoms with E-state index in [1.807, 2.05) is 48.8 Å². The SMILES string of the molecule is N#Cc1ccnc(C(c2ccccn2)C(c2cccnc2)c2cccnc2)c1. The molecule has 0 aliphatic rings. The lowest BCUT2D eigenvalue weighted by Gasteiger charge is -2.27. The Balaban J connectivity index is 1.95. The number of pyridine rings is 4. The van der Waals surface area contributed by atoms with Gasteiger partial charge in [-0.2, -0.15) is 5.26 Å². The molecule has 0 saturated carbocycles. The normalized spacial score (nSPS) is 11.7. The molecule has 0 saturated heterocycles. The Morgan fingerprint density at radius 3 is 1.96 bits per heavy atom. The standard InChI is InChI=1S/C23H17N5/c24-14-17-8-12-28-21(13-17)23(20-7-1-2-11-27-20)22(18-5-3-9-25-15-18)19-6-4-10-26-16-19/h1-13,15-16,22-23H. The minimum atomic E-state index is -0.192. The molecule has 0 fully saturated rings. The van der Waals surface area contributed by atoms with E-state index < -0.39 is 0 Å². The third-order valence-electron chi connectivity index (χ3n) is 4.66. The summed E-state index contributed by atoms with van der Waals surface area (Å²) >= 11 is 0. The highest BCUT2D eigenvalue weighted by molar-refractivity contribution is 5.41. The van der Waals surface area contributed by atoms with Gasteiger partial charge < -0.3 is 0 Å². The predicted octanol–water partition coefficient (Wildman–Crippen LogP) is 4.10. The lowest BCUT2D eigenvalue weighted by Crippen LogP contribution is -2.17. The highest BCUT2D eigenvalue weighted by Crippen LogP contribution is 2.41. The second kappa shape index (κ2) is 8.19. The fourth-order valence-corrected chi connectivity index (χ4v) is 3.44. The molecule has 0 spiro atoms. The van der Waals surface area contributed by atoms with Crippen LogP contribution in [0.4, 0.5) is 0 Å². The molecule has 4 aromatic heterocycles. The number of nitrogens with zero attached hydrogens (tertiary/aromatic N) is 5. The Bertz CT molecular complexity index is 1040. The van der Waals surface area contributed by atoms with Crippen molar-refractivity contribution in [3.63, 3.8) is 0 Å². The van der Waals surface area contributed by atoms with Crippen LogP contribution in [0.2, 0.25) is 0 Å². The first kappa shape index (κ1) is 17.5. The second-order valence-corrected chi connectivity index (χ2v) is 6.36. The average Bonchev–Trinajstić information content (AvgIpc) is 2.79. The first-order chi connectivity index (χ1) is 13.9. The van der Waals surface area contributed by atoms with Crippen molar-refractivity contribution in [1.82, 2.24) is 19.9 Å². The number of aromatic nitrogens is 4. The van der Waals surface area contributed by atoms with Crippen molar-refractivity contribution in [1.29, 1.82) is 5.26 Å². The molecule has 0 N–H and O–H groups in total. The van der Waals surface area contributed by atoms with E-state index in [-0.39, 0.29) is 11.8 Å². The van der Waals surface area contributed by atoms with Crippen molar-refractivity contribution < 1.29 is 0 Å². The molecule has 134 valence electrons. The molecular formula is C23H17N5. The molecule has 5 nitrogen and oxygen atoms in total. The smallest absolute Gasteiger partial charge is 0.0992 e. The van der Waals surface area contributed by atoms with Gasteiger partial charge in [-0.15, -0.1) is 0 Å². The van der Waals surface area contributed by atoms with E-state index in [4.69, 9.17) is 0 Å². The zero-order valence-electron chi connectivity index (χ0n) is 15.1. The first-order valence-electron chi connectivity index (χ1n) is 8.93. The second-order valence-electron chi connectivity index (χ2n) is 6.36. The van der Waals surface area contributed by atoms with E-state index in [9.17, 15) is 5.26 Å². The quantitative estimate of drug-likeness (QED) is 0.533. The third-order valence-corrected chi connectivity index (χ3v) is 4.66. The summed E-state index contributed by atoms with van der Waals surface area (Å²) in [4.78, 5) is 17.9. The summed E-state index contributed by atoms with van der Waals surface area (Å²) in [6.45, 7) is 0. The van der Waals surface area contributed by atoms with Gasteiger partial charge in [0, 0.05) is 43.1 Å². The van der Waals surface area contributed by atoms with Crippen LogP contribution >= 0.6 is 0 Å². The van der Waals surface area contributed by atoms with E-state index in [0.29, 0.717) is 5.56 Å². The van der Waals surface area contributed by atoms with Gasteiger partial charge in [-0.3, -0.25) is 19.9 Å². The summed E-state index contributed by atoms with van der Waals surface area (Å²) in [6.07, 6.45) is 10.7. The maximum Gasteiger partial charge on any atom is 0.0992 e. The summed E-state index contributed by atoms with van der Waals surface area (Å²) in [6, 6.07) is 19.5. The van der Waals surface area contributed by atoms with E-state index in [2.05, 4.69) is 38.1 Å². The van der Waals surface area contributed by atoms with Gasteiger partial charge in [0.1, 0.15) is 0 Å². The largest absolute Gasteiger partial charge is 0.264 e. The molecule has 1 atom stereocenters. The molecule has 0 amide bonds. The molecule has 28 heavy (non-hydrogen) atoms. The van der Waals surface area contributed by atoms with Gasteiger partial charge >= 0.3 is 0 Å².